The van der Waals surface area contributed by atoms with Crippen LogP contribution in [0.1, 0.15) is 6.42 Å². The van der Waals surface area contributed by atoms with Crippen molar-refractivity contribution in [2.45, 2.75) is 12.5 Å². The normalized spacial score (nSPS) is 15.9. The van der Waals surface area contributed by atoms with Crippen molar-refractivity contribution in [1.82, 2.24) is 4.90 Å². The van der Waals surface area contributed by atoms with Gasteiger partial charge in [-0.2, -0.15) is 0 Å². The second kappa shape index (κ2) is 8.78. The fourth-order valence-corrected chi connectivity index (χ4v) is 3.27. The molecule has 2 amide bonds. The summed E-state index contributed by atoms with van der Waals surface area (Å²) in [6.45, 7) is -0.324. The lowest BCUT2D eigenvalue weighted by atomic mass is 10.2. The van der Waals surface area contributed by atoms with Gasteiger partial charge in [-0.3, -0.25) is 14.4 Å². The summed E-state index contributed by atoms with van der Waals surface area (Å²) < 4.78 is 17.8. The molecule has 1 aliphatic rings. The molecule has 0 saturated carbocycles. The highest BCUT2D eigenvalue weighted by Crippen LogP contribution is 2.26. The molecule has 0 aliphatic carbocycles. The number of halogens is 1. The van der Waals surface area contributed by atoms with Crippen molar-refractivity contribution in [2.24, 2.45) is 0 Å². The molecular formula is C20H18FN3O4S. The summed E-state index contributed by atoms with van der Waals surface area (Å²) in [5.41, 5.74) is 0.920. The van der Waals surface area contributed by atoms with Gasteiger partial charge in [-0.05, 0) is 48.6 Å². The van der Waals surface area contributed by atoms with E-state index in [4.69, 9.17) is 17.0 Å². The van der Waals surface area contributed by atoms with E-state index in [9.17, 15) is 18.8 Å². The van der Waals surface area contributed by atoms with Gasteiger partial charge in [-0.1, -0.05) is 18.2 Å². The van der Waals surface area contributed by atoms with Crippen LogP contribution in [0.2, 0.25) is 0 Å². The highest BCUT2D eigenvalue weighted by molar-refractivity contribution is 7.80. The molecule has 1 fully saturated rings. The third-order valence-corrected chi connectivity index (χ3v) is 4.73. The Morgan fingerprint density at radius 1 is 1.21 bits per heavy atom. The Balaban J connectivity index is 1.85. The molecule has 3 rings (SSSR count). The predicted molar refractivity (Wildman–Crippen MR) is 109 cm³/mol. The van der Waals surface area contributed by atoms with Crippen molar-refractivity contribution in [1.29, 1.82) is 0 Å². The average molecular weight is 415 g/mol. The summed E-state index contributed by atoms with van der Waals surface area (Å²) in [5, 5.41) is 2.91. The summed E-state index contributed by atoms with van der Waals surface area (Å²) in [5.74, 6) is -1.92. The van der Waals surface area contributed by atoms with Crippen molar-refractivity contribution < 1.29 is 23.5 Å². The Morgan fingerprint density at radius 3 is 2.48 bits per heavy atom. The molecule has 0 unspecified atom stereocenters. The first-order valence-electron chi connectivity index (χ1n) is 8.72. The third-order valence-electron chi connectivity index (χ3n) is 4.40. The van der Waals surface area contributed by atoms with Gasteiger partial charge in [0.15, 0.2) is 5.11 Å². The second-order valence-electron chi connectivity index (χ2n) is 6.26. The molecule has 1 N–H and O–H groups in total. The largest absolute Gasteiger partial charge is 0.468 e. The quantitative estimate of drug-likeness (QED) is 0.456. The van der Waals surface area contributed by atoms with Crippen LogP contribution in [-0.2, 0) is 19.1 Å². The van der Waals surface area contributed by atoms with E-state index < -0.39 is 29.6 Å². The summed E-state index contributed by atoms with van der Waals surface area (Å²) >= 11 is 5.37. The number of hydrogen-bond donors (Lipinski definition) is 1. The molecule has 7 nitrogen and oxygen atoms in total. The first-order valence-corrected chi connectivity index (χ1v) is 9.13. The Labute approximate surface area is 172 Å². The number of anilines is 2. The molecule has 0 radical (unpaired) electrons. The van der Waals surface area contributed by atoms with Gasteiger partial charge in [0.1, 0.15) is 18.4 Å². The predicted octanol–water partition coefficient (Wildman–Crippen LogP) is 2.33. The number of nitrogens with one attached hydrogen (secondary N) is 1. The zero-order valence-electron chi connectivity index (χ0n) is 15.5. The van der Waals surface area contributed by atoms with Crippen LogP contribution in [0.3, 0.4) is 0 Å². The number of nitrogens with zero attached hydrogens (tertiary/aromatic N) is 2. The van der Waals surface area contributed by atoms with Crippen molar-refractivity contribution in [2.75, 3.05) is 23.9 Å². The number of methoxy groups -OCH3 is 1. The number of thiocarbonyl (C=S) groups is 1. The number of hydrogen-bond acceptors (Lipinski definition) is 5. The van der Waals surface area contributed by atoms with Crippen LogP contribution in [0, 0.1) is 5.82 Å². The fourth-order valence-electron chi connectivity index (χ4n) is 2.96. The van der Waals surface area contributed by atoms with E-state index in [0.29, 0.717) is 11.4 Å². The maximum absolute atomic E-state index is 13.1. The Bertz CT molecular complexity index is 937. The van der Waals surface area contributed by atoms with Gasteiger partial charge in [-0.25, -0.2) is 9.29 Å². The van der Waals surface area contributed by atoms with Gasteiger partial charge in [0.05, 0.1) is 19.2 Å². The van der Waals surface area contributed by atoms with Crippen molar-refractivity contribution in [3.05, 3.63) is 60.4 Å². The first kappa shape index (κ1) is 20.4. The molecule has 150 valence electrons. The fraction of sp³-hybridized carbons (Fsp3) is 0.200. The highest BCUT2D eigenvalue weighted by Gasteiger charge is 2.44. The molecular weight excluding hydrogens is 397 g/mol. The zero-order valence-corrected chi connectivity index (χ0v) is 16.3. The summed E-state index contributed by atoms with van der Waals surface area (Å²) in [4.78, 5) is 39.8. The van der Waals surface area contributed by atoms with E-state index in [1.165, 1.54) is 36.3 Å². The van der Waals surface area contributed by atoms with Crippen molar-refractivity contribution in [3.63, 3.8) is 0 Å². The molecule has 9 heteroatoms. The SMILES string of the molecule is COC(=O)CN(C(=S)Nc1ccc(F)cc1)[C@@H]1CC(=O)N(c2ccccc2)C1=O. The van der Waals surface area contributed by atoms with Crippen molar-refractivity contribution >= 4 is 46.5 Å². The molecule has 1 heterocycles. The van der Waals surface area contributed by atoms with E-state index in [-0.39, 0.29) is 18.1 Å². The topological polar surface area (TPSA) is 79.0 Å². The second-order valence-corrected chi connectivity index (χ2v) is 6.65. The molecule has 1 atom stereocenters. The maximum atomic E-state index is 13.1. The summed E-state index contributed by atoms with van der Waals surface area (Å²) in [6, 6.07) is 13.0. The Kier molecular flexibility index (Phi) is 6.18. The van der Waals surface area contributed by atoms with E-state index >= 15 is 0 Å². The van der Waals surface area contributed by atoms with E-state index in [0.717, 1.165) is 4.90 Å². The number of amides is 2. The Hall–Kier alpha value is -3.33. The molecule has 29 heavy (non-hydrogen) atoms. The van der Waals surface area contributed by atoms with Crippen LogP contribution in [-0.4, -0.2) is 47.5 Å². The number of imide groups is 1. The van der Waals surface area contributed by atoms with Gasteiger partial charge >= 0.3 is 5.97 Å². The lowest BCUT2D eigenvalue weighted by Gasteiger charge is -2.29. The van der Waals surface area contributed by atoms with Gasteiger partial charge in [0, 0.05) is 5.69 Å². The molecule has 0 spiro atoms. The number of carbonyl (C=O) groups is 3. The van der Waals surface area contributed by atoms with Crippen LogP contribution >= 0.6 is 12.2 Å². The van der Waals surface area contributed by atoms with Gasteiger partial charge in [0.2, 0.25) is 5.91 Å². The third kappa shape index (κ3) is 4.57. The van der Waals surface area contributed by atoms with E-state index in [1.807, 2.05) is 0 Å². The number of para-hydroxylation sites is 1. The molecule has 0 aromatic heterocycles. The lowest BCUT2D eigenvalue weighted by Crippen LogP contribution is -2.49. The Morgan fingerprint density at radius 2 is 1.86 bits per heavy atom. The van der Waals surface area contributed by atoms with Gasteiger partial charge in [-0.15, -0.1) is 0 Å². The van der Waals surface area contributed by atoms with Crippen molar-refractivity contribution in [3.8, 4) is 0 Å². The first-order chi connectivity index (χ1) is 13.9. The number of rotatable bonds is 5. The van der Waals surface area contributed by atoms with Gasteiger partial charge in [0.25, 0.3) is 5.91 Å². The van der Waals surface area contributed by atoms with Gasteiger partial charge < -0.3 is 15.0 Å². The molecule has 2 aromatic rings. The maximum Gasteiger partial charge on any atom is 0.325 e. The smallest absolute Gasteiger partial charge is 0.325 e. The highest BCUT2D eigenvalue weighted by atomic mass is 32.1. The van der Waals surface area contributed by atoms with Crippen LogP contribution in [0.5, 0.6) is 0 Å². The zero-order chi connectivity index (χ0) is 21.0. The number of ether oxygens (including phenoxy) is 1. The molecule has 2 aromatic carbocycles. The minimum Gasteiger partial charge on any atom is -0.468 e. The number of benzene rings is 2. The van der Waals surface area contributed by atoms with E-state index in [2.05, 4.69) is 5.32 Å². The van der Waals surface area contributed by atoms with Crippen LogP contribution in [0.4, 0.5) is 15.8 Å². The van der Waals surface area contributed by atoms with Crippen LogP contribution in [0.15, 0.2) is 54.6 Å². The average Bonchev–Trinajstić information content (AvgIpc) is 3.02. The minimum atomic E-state index is -0.970. The molecule has 0 bridgehead atoms. The monoisotopic (exact) mass is 415 g/mol. The minimum absolute atomic E-state index is 0.0445. The summed E-state index contributed by atoms with van der Waals surface area (Å²) in [7, 11) is 1.22. The standard InChI is InChI=1S/C20H18FN3O4S/c1-28-18(26)12-23(20(29)22-14-9-7-13(21)8-10-14)16-11-17(25)24(19(16)27)15-5-3-2-4-6-15/h2-10,16H,11-12H2,1H3,(H,22,29)/t16-/m1/s1. The summed E-state index contributed by atoms with van der Waals surface area (Å²) in [6.07, 6.45) is -0.143. The van der Waals surface area contributed by atoms with E-state index in [1.54, 1.807) is 30.3 Å². The molecule has 1 aliphatic heterocycles. The lowest BCUT2D eigenvalue weighted by molar-refractivity contribution is -0.141. The number of esters is 1. The number of carbonyl (C=O) groups excluding carboxylic acids is 3. The van der Waals surface area contributed by atoms with Crippen LogP contribution < -0.4 is 10.2 Å². The van der Waals surface area contributed by atoms with Crippen LogP contribution in [0.25, 0.3) is 0 Å². The molecule has 1 saturated heterocycles.